The van der Waals surface area contributed by atoms with Gasteiger partial charge in [-0.2, -0.15) is 0 Å². The summed E-state index contributed by atoms with van der Waals surface area (Å²) in [6.45, 7) is 3.09. The molecule has 1 aromatic carbocycles. The SMILES string of the molecule is CCN(Cc1nc2cc(OC)c(OC)cc2c(=O)[nH]1)C(=O)CN1CCCC1=O. The standard InChI is InChI=1S/C19H24N4O5/c1-4-22(18(25)11-23-7-5-6-17(23)24)10-16-20-13-9-15(28-3)14(27-2)8-12(13)19(26)21-16/h8-9H,4-7,10-11H2,1-3H3,(H,20,21,26). The molecule has 2 amide bonds. The lowest BCUT2D eigenvalue weighted by Crippen LogP contribution is -2.41. The number of benzene rings is 1. The Morgan fingerprint density at radius 1 is 1.25 bits per heavy atom. The van der Waals surface area contributed by atoms with E-state index in [1.807, 2.05) is 6.92 Å². The number of rotatable bonds is 7. The second kappa shape index (κ2) is 8.28. The first-order chi connectivity index (χ1) is 13.5. The number of hydrogen-bond acceptors (Lipinski definition) is 6. The van der Waals surface area contributed by atoms with E-state index in [4.69, 9.17) is 9.47 Å². The number of fused-ring (bicyclic) bond motifs is 1. The predicted octanol–water partition coefficient (Wildman–Crippen LogP) is 0.911. The number of nitrogens with one attached hydrogen (secondary N) is 1. The topological polar surface area (TPSA) is 105 Å². The first-order valence-corrected chi connectivity index (χ1v) is 9.17. The summed E-state index contributed by atoms with van der Waals surface area (Å²) in [6, 6.07) is 3.21. The molecule has 0 bridgehead atoms. The number of H-pyrrole nitrogens is 1. The van der Waals surface area contributed by atoms with Gasteiger partial charge in [0.1, 0.15) is 5.82 Å². The smallest absolute Gasteiger partial charge is 0.258 e. The van der Waals surface area contributed by atoms with Crippen molar-refractivity contribution in [3.05, 3.63) is 28.3 Å². The molecule has 3 rings (SSSR count). The number of methoxy groups -OCH3 is 2. The molecule has 1 aromatic heterocycles. The minimum Gasteiger partial charge on any atom is -0.493 e. The third kappa shape index (κ3) is 3.92. The van der Waals surface area contributed by atoms with Gasteiger partial charge in [-0.3, -0.25) is 14.4 Å². The Morgan fingerprint density at radius 2 is 1.96 bits per heavy atom. The zero-order chi connectivity index (χ0) is 20.3. The van der Waals surface area contributed by atoms with Crippen LogP contribution in [0.3, 0.4) is 0 Å². The zero-order valence-corrected chi connectivity index (χ0v) is 16.3. The molecule has 0 aliphatic carbocycles. The highest BCUT2D eigenvalue weighted by atomic mass is 16.5. The summed E-state index contributed by atoms with van der Waals surface area (Å²) >= 11 is 0. The number of likely N-dealkylation sites (tertiary alicyclic amines) is 1. The molecular formula is C19H24N4O5. The normalized spacial score (nSPS) is 13.8. The molecule has 0 spiro atoms. The molecule has 0 radical (unpaired) electrons. The van der Waals surface area contributed by atoms with E-state index in [2.05, 4.69) is 9.97 Å². The lowest BCUT2D eigenvalue weighted by Gasteiger charge is -2.23. The number of likely N-dealkylation sites (N-methyl/N-ethyl adjacent to an activating group) is 1. The van der Waals surface area contributed by atoms with Crippen LogP contribution in [0.25, 0.3) is 10.9 Å². The van der Waals surface area contributed by atoms with E-state index in [-0.39, 0.29) is 30.5 Å². The van der Waals surface area contributed by atoms with Crippen molar-refractivity contribution in [2.75, 3.05) is 33.9 Å². The summed E-state index contributed by atoms with van der Waals surface area (Å²) in [5.74, 6) is 1.11. The number of carbonyl (C=O) groups excluding carboxylic acids is 2. The molecule has 2 aromatic rings. The average Bonchev–Trinajstić information content (AvgIpc) is 3.09. The number of ether oxygens (including phenoxy) is 2. The molecule has 1 saturated heterocycles. The Labute approximate surface area is 162 Å². The molecular weight excluding hydrogens is 364 g/mol. The summed E-state index contributed by atoms with van der Waals surface area (Å²) in [5, 5.41) is 0.374. The second-order valence-electron chi connectivity index (χ2n) is 6.56. The molecule has 1 aliphatic rings. The summed E-state index contributed by atoms with van der Waals surface area (Å²) in [5.41, 5.74) is 0.133. The first kappa shape index (κ1) is 19.7. The van der Waals surface area contributed by atoms with Crippen molar-refractivity contribution in [1.29, 1.82) is 0 Å². The van der Waals surface area contributed by atoms with Gasteiger partial charge in [0.2, 0.25) is 11.8 Å². The van der Waals surface area contributed by atoms with Gasteiger partial charge in [0, 0.05) is 25.6 Å². The minimum atomic E-state index is -0.320. The Bertz CT molecular complexity index is 955. The third-order valence-corrected chi connectivity index (χ3v) is 4.83. The van der Waals surface area contributed by atoms with Crippen LogP contribution < -0.4 is 15.0 Å². The highest BCUT2D eigenvalue weighted by Gasteiger charge is 2.25. The number of carbonyl (C=O) groups is 2. The van der Waals surface area contributed by atoms with Gasteiger partial charge in [0.05, 0.1) is 38.2 Å². The molecule has 1 fully saturated rings. The van der Waals surface area contributed by atoms with E-state index in [9.17, 15) is 14.4 Å². The largest absolute Gasteiger partial charge is 0.493 e. The lowest BCUT2D eigenvalue weighted by atomic mass is 10.2. The van der Waals surface area contributed by atoms with Crippen LogP contribution in [0.15, 0.2) is 16.9 Å². The van der Waals surface area contributed by atoms with Crippen molar-refractivity contribution in [3.8, 4) is 11.5 Å². The molecule has 1 aliphatic heterocycles. The van der Waals surface area contributed by atoms with E-state index in [1.165, 1.54) is 14.2 Å². The van der Waals surface area contributed by atoms with Crippen molar-refractivity contribution in [1.82, 2.24) is 19.8 Å². The van der Waals surface area contributed by atoms with Crippen LogP contribution in [0.1, 0.15) is 25.6 Å². The second-order valence-corrected chi connectivity index (χ2v) is 6.56. The first-order valence-electron chi connectivity index (χ1n) is 9.17. The van der Waals surface area contributed by atoms with Gasteiger partial charge in [-0.05, 0) is 19.4 Å². The molecule has 9 heteroatoms. The number of amides is 2. The fraction of sp³-hybridized carbons (Fsp3) is 0.474. The van der Waals surface area contributed by atoms with Crippen molar-refractivity contribution < 1.29 is 19.1 Å². The Balaban J connectivity index is 1.84. The van der Waals surface area contributed by atoms with Gasteiger partial charge in [-0.25, -0.2) is 4.98 Å². The molecule has 0 unspecified atom stereocenters. The highest BCUT2D eigenvalue weighted by Crippen LogP contribution is 2.29. The molecule has 9 nitrogen and oxygen atoms in total. The fourth-order valence-electron chi connectivity index (χ4n) is 3.28. The fourth-order valence-corrected chi connectivity index (χ4v) is 3.28. The van der Waals surface area contributed by atoms with Crippen LogP contribution in [0, 0.1) is 0 Å². The Hall–Kier alpha value is -3.10. The summed E-state index contributed by atoms with van der Waals surface area (Å²) in [6.07, 6.45) is 1.27. The zero-order valence-electron chi connectivity index (χ0n) is 16.3. The van der Waals surface area contributed by atoms with Crippen molar-refractivity contribution >= 4 is 22.7 Å². The van der Waals surface area contributed by atoms with Crippen LogP contribution in [0.4, 0.5) is 0 Å². The predicted molar refractivity (Wildman–Crippen MR) is 102 cm³/mol. The van der Waals surface area contributed by atoms with Crippen LogP contribution >= 0.6 is 0 Å². The van der Waals surface area contributed by atoms with Gasteiger partial charge in [0.15, 0.2) is 11.5 Å². The van der Waals surface area contributed by atoms with Crippen LogP contribution in [-0.2, 0) is 16.1 Å². The maximum Gasteiger partial charge on any atom is 0.258 e. The van der Waals surface area contributed by atoms with E-state index >= 15 is 0 Å². The lowest BCUT2D eigenvalue weighted by molar-refractivity contribution is -0.138. The van der Waals surface area contributed by atoms with Crippen LogP contribution in [0.5, 0.6) is 11.5 Å². The van der Waals surface area contributed by atoms with Crippen LogP contribution in [0.2, 0.25) is 0 Å². The van der Waals surface area contributed by atoms with E-state index in [1.54, 1.807) is 21.9 Å². The van der Waals surface area contributed by atoms with Gasteiger partial charge >= 0.3 is 0 Å². The van der Waals surface area contributed by atoms with Gasteiger partial charge < -0.3 is 24.3 Å². The Morgan fingerprint density at radius 3 is 2.57 bits per heavy atom. The third-order valence-electron chi connectivity index (χ3n) is 4.83. The maximum absolute atomic E-state index is 12.6. The summed E-state index contributed by atoms with van der Waals surface area (Å²) in [4.78, 5) is 47.2. The summed E-state index contributed by atoms with van der Waals surface area (Å²) in [7, 11) is 3.00. The van der Waals surface area contributed by atoms with Crippen molar-refractivity contribution in [2.24, 2.45) is 0 Å². The average molecular weight is 388 g/mol. The monoisotopic (exact) mass is 388 g/mol. The minimum absolute atomic E-state index is 0.00248. The number of aromatic amines is 1. The Kier molecular flexibility index (Phi) is 5.81. The van der Waals surface area contributed by atoms with Gasteiger partial charge in [0.25, 0.3) is 5.56 Å². The van der Waals surface area contributed by atoms with E-state index in [0.717, 1.165) is 6.42 Å². The summed E-state index contributed by atoms with van der Waals surface area (Å²) < 4.78 is 10.5. The number of aromatic nitrogens is 2. The molecule has 2 heterocycles. The molecule has 150 valence electrons. The van der Waals surface area contributed by atoms with Crippen LogP contribution in [-0.4, -0.2) is 65.4 Å². The number of nitrogens with zero attached hydrogens (tertiary/aromatic N) is 3. The molecule has 28 heavy (non-hydrogen) atoms. The number of hydrogen-bond donors (Lipinski definition) is 1. The molecule has 0 saturated carbocycles. The van der Waals surface area contributed by atoms with Crippen molar-refractivity contribution in [3.63, 3.8) is 0 Å². The molecule has 1 N–H and O–H groups in total. The van der Waals surface area contributed by atoms with Gasteiger partial charge in [-0.1, -0.05) is 0 Å². The highest BCUT2D eigenvalue weighted by molar-refractivity contribution is 5.86. The van der Waals surface area contributed by atoms with Crippen molar-refractivity contribution in [2.45, 2.75) is 26.3 Å². The van der Waals surface area contributed by atoms with E-state index < -0.39 is 0 Å². The van der Waals surface area contributed by atoms with E-state index in [0.29, 0.717) is 47.7 Å². The molecule has 0 atom stereocenters. The van der Waals surface area contributed by atoms with Gasteiger partial charge in [-0.15, -0.1) is 0 Å². The quantitative estimate of drug-likeness (QED) is 0.756. The maximum atomic E-state index is 12.6.